The first kappa shape index (κ1) is 23.7. The number of fused-ring (bicyclic) bond motifs is 1. The molecular formula is C26H28ClN5O2. The Morgan fingerprint density at radius 2 is 2.06 bits per heavy atom. The molecule has 1 saturated heterocycles. The summed E-state index contributed by atoms with van der Waals surface area (Å²) < 4.78 is 0. The molecule has 4 rings (SSSR count). The average molecular weight is 478 g/mol. The van der Waals surface area contributed by atoms with Crippen LogP contribution >= 0.6 is 11.6 Å². The Kier molecular flexibility index (Phi) is 7.12. The molecule has 1 aliphatic rings. The summed E-state index contributed by atoms with van der Waals surface area (Å²) in [6.45, 7) is 4.91. The number of nitrogens with two attached hydrogens (primary N) is 1. The van der Waals surface area contributed by atoms with Crippen molar-refractivity contribution < 1.29 is 9.59 Å². The first-order valence-electron chi connectivity index (χ1n) is 11.4. The van der Waals surface area contributed by atoms with E-state index in [1.807, 2.05) is 49.1 Å². The summed E-state index contributed by atoms with van der Waals surface area (Å²) in [4.78, 5) is 38.5. The Morgan fingerprint density at radius 3 is 2.82 bits per heavy atom. The third-order valence-electron chi connectivity index (χ3n) is 6.13. The number of benzene rings is 2. The molecule has 7 nitrogen and oxygen atoms in total. The molecule has 2 amide bonds. The summed E-state index contributed by atoms with van der Waals surface area (Å²) in [5.41, 5.74) is 8.48. The maximum atomic E-state index is 13.5. The summed E-state index contributed by atoms with van der Waals surface area (Å²) in [7, 11) is 0. The Labute approximate surface area is 204 Å². The zero-order chi connectivity index (χ0) is 24.2. The SMILES string of the molecule is CCC[C@H]1C(=O)N(Cc2ccc3c(N)ncnc3c2)[C@H](C)CN1C(=O)C=Cc1cccc(Cl)c1. The first-order valence-corrected chi connectivity index (χ1v) is 11.8. The number of aromatic nitrogens is 2. The van der Waals surface area contributed by atoms with Gasteiger partial charge in [-0.1, -0.05) is 43.1 Å². The summed E-state index contributed by atoms with van der Waals surface area (Å²) in [6.07, 6.45) is 6.11. The lowest BCUT2D eigenvalue weighted by atomic mass is 10.0. The van der Waals surface area contributed by atoms with Gasteiger partial charge in [0.05, 0.1) is 5.52 Å². The molecule has 3 aromatic rings. The van der Waals surface area contributed by atoms with Gasteiger partial charge in [0.25, 0.3) is 0 Å². The maximum absolute atomic E-state index is 13.5. The van der Waals surface area contributed by atoms with Crippen LogP contribution in [0.3, 0.4) is 0 Å². The van der Waals surface area contributed by atoms with Crippen LogP contribution in [0.5, 0.6) is 0 Å². The van der Waals surface area contributed by atoms with Crippen molar-refractivity contribution in [2.45, 2.75) is 45.3 Å². The lowest BCUT2D eigenvalue weighted by molar-refractivity contribution is -0.153. The van der Waals surface area contributed by atoms with Gasteiger partial charge in [0.2, 0.25) is 11.8 Å². The molecule has 0 unspecified atom stereocenters. The number of hydrogen-bond acceptors (Lipinski definition) is 5. The van der Waals surface area contributed by atoms with Gasteiger partial charge in [-0.3, -0.25) is 9.59 Å². The summed E-state index contributed by atoms with van der Waals surface area (Å²) in [5.74, 6) is 0.227. The zero-order valence-corrected chi connectivity index (χ0v) is 20.1. The molecule has 2 atom stereocenters. The number of carbonyl (C=O) groups excluding carboxylic acids is 2. The van der Waals surface area contributed by atoms with E-state index < -0.39 is 6.04 Å². The topological polar surface area (TPSA) is 92.4 Å². The fourth-order valence-electron chi connectivity index (χ4n) is 4.37. The largest absolute Gasteiger partial charge is 0.383 e. The number of nitrogens with zero attached hydrogens (tertiary/aromatic N) is 4. The highest BCUT2D eigenvalue weighted by atomic mass is 35.5. The maximum Gasteiger partial charge on any atom is 0.247 e. The smallest absolute Gasteiger partial charge is 0.247 e. The molecule has 1 aromatic heterocycles. The Hall–Kier alpha value is -3.45. The van der Waals surface area contributed by atoms with Crippen LogP contribution in [-0.4, -0.2) is 50.2 Å². The first-order chi connectivity index (χ1) is 16.4. The van der Waals surface area contributed by atoms with E-state index in [9.17, 15) is 9.59 Å². The van der Waals surface area contributed by atoms with Gasteiger partial charge in [-0.2, -0.15) is 0 Å². The number of nitrogen functional groups attached to an aromatic ring is 1. The van der Waals surface area contributed by atoms with Crippen LogP contribution in [-0.2, 0) is 16.1 Å². The van der Waals surface area contributed by atoms with Crippen LogP contribution in [0.4, 0.5) is 5.82 Å². The predicted molar refractivity (Wildman–Crippen MR) is 135 cm³/mol. The Morgan fingerprint density at radius 1 is 1.24 bits per heavy atom. The van der Waals surface area contributed by atoms with E-state index >= 15 is 0 Å². The molecule has 2 aromatic carbocycles. The van der Waals surface area contributed by atoms with E-state index in [1.54, 1.807) is 23.1 Å². The van der Waals surface area contributed by atoms with Gasteiger partial charge in [-0.05, 0) is 54.8 Å². The van der Waals surface area contributed by atoms with E-state index in [2.05, 4.69) is 9.97 Å². The number of anilines is 1. The van der Waals surface area contributed by atoms with Crippen LogP contribution in [0.15, 0.2) is 54.9 Å². The van der Waals surface area contributed by atoms with Gasteiger partial charge in [-0.25, -0.2) is 9.97 Å². The van der Waals surface area contributed by atoms with Crippen LogP contribution in [0.1, 0.15) is 37.8 Å². The molecule has 34 heavy (non-hydrogen) atoms. The van der Waals surface area contributed by atoms with Crippen molar-refractivity contribution in [3.63, 3.8) is 0 Å². The normalized spacial score (nSPS) is 18.7. The number of amides is 2. The van der Waals surface area contributed by atoms with E-state index in [1.165, 1.54) is 12.4 Å². The van der Waals surface area contributed by atoms with Gasteiger partial charge >= 0.3 is 0 Å². The standard InChI is InChI=1S/C26H28ClN5O2/c1-3-5-23-26(34)31(15-19-8-10-21-22(13-19)29-16-30-25(21)28)17(2)14-32(23)24(33)11-9-18-6-4-7-20(27)12-18/h4,6-13,16-17,23H,3,5,14-15H2,1-2H3,(H2,28,29,30)/t17-,23+/m1/s1. The zero-order valence-electron chi connectivity index (χ0n) is 19.3. The molecule has 0 aliphatic carbocycles. The number of piperazine rings is 1. The lowest BCUT2D eigenvalue weighted by Gasteiger charge is -2.44. The lowest BCUT2D eigenvalue weighted by Crippen LogP contribution is -2.61. The van der Waals surface area contributed by atoms with Crippen molar-refractivity contribution in [3.8, 4) is 0 Å². The van der Waals surface area contributed by atoms with Crippen LogP contribution in [0.25, 0.3) is 17.0 Å². The van der Waals surface area contributed by atoms with Crippen LogP contribution < -0.4 is 5.73 Å². The fraction of sp³-hybridized carbons (Fsp3) is 0.308. The third kappa shape index (κ3) is 5.04. The predicted octanol–water partition coefficient (Wildman–Crippen LogP) is 4.31. The molecule has 0 spiro atoms. The Balaban J connectivity index is 1.53. The molecule has 0 saturated carbocycles. The van der Waals surface area contributed by atoms with Crippen molar-refractivity contribution in [1.82, 2.24) is 19.8 Å². The molecule has 2 heterocycles. The van der Waals surface area contributed by atoms with Gasteiger partial charge in [-0.15, -0.1) is 0 Å². The van der Waals surface area contributed by atoms with Crippen LogP contribution in [0.2, 0.25) is 5.02 Å². The second kappa shape index (κ2) is 10.2. The number of hydrogen-bond donors (Lipinski definition) is 1. The molecular weight excluding hydrogens is 450 g/mol. The highest BCUT2D eigenvalue weighted by molar-refractivity contribution is 6.30. The van der Waals surface area contributed by atoms with E-state index in [4.69, 9.17) is 17.3 Å². The highest BCUT2D eigenvalue weighted by Crippen LogP contribution is 2.25. The van der Waals surface area contributed by atoms with Gasteiger partial charge < -0.3 is 15.5 Å². The van der Waals surface area contributed by atoms with Crippen molar-refractivity contribution >= 4 is 46.2 Å². The second-order valence-corrected chi connectivity index (χ2v) is 9.05. The number of carbonyl (C=O) groups is 2. The molecule has 1 fully saturated rings. The molecule has 1 aliphatic heterocycles. The van der Waals surface area contributed by atoms with Gasteiger partial charge in [0.15, 0.2) is 0 Å². The minimum Gasteiger partial charge on any atom is -0.383 e. The average Bonchev–Trinajstić information content (AvgIpc) is 2.82. The number of rotatable bonds is 6. The summed E-state index contributed by atoms with van der Waals surface area (Å²) in [5, 5.41) is 1.40. The van der Waals surface area contributed by atoms with Crippen molar-refractivity contribution in [1.29, 1.82) is 0 Å². The van der Waals surface area contributed by atoms with Gasteiger partial charge in [0, 0.05) is 35.6 Å². The second-order valence-electron chi connectivity index (χ2n) is 8.61. The molecule has 8 heteroatoms. The Bertz CT molecular complexity index is 1240. The molecule has 0 radical (unpaired) electrons. The minimum atomic E-state index is -0.490. The molecule has 2 N–H and O–H groups in total. The van der Waals surface area contributed by atoms with E-state index in [0.29, 0.717) is 30.4 Å². The highest BCUT2D eigenvalue weighted by Gasteiger charge is 2.39. The van der Waals surface area contributed by atoms with Crippen molar-refractivity contribution in [2.24, 2.45) is 0 Å². The van der Waals surface area contributed by atoms with E-state index in [0.717, 1.165) is 28.5 Å². The molecule has 0 bridgehead atoms. The van der Waals surface area contributed by atoms with Crippen molar-refractivity contribution in [3.05, 3.63) is 71.0 Å². The monoisotopic (exact) mass is 477 g/mol. The van der Waals surface area contributed by atoms with E-state index in [-0.39, 0.29) is 17.9 Å². The van der Waals surface area contributed by atoms with Crippen molar-refractivity contribution in [2.75, 3.05) is 12.3 Å². The van der Waals surface area contributed by atoms with Gasteiger partial charge in [0.1, 0.15) is 18.2 Å². The molecule has 176 valence electrons. The quantitative estimate of drug-likeness (QED) is 0.534. The number of halogens is 1. The van der Waals surface area contributed by atoms with Crippen LogP contribution in [0, 0.1) is 0 Å². The minimum absolute atomic E-state index is 0.0348. The summed E-state index contributed by atoms with van der Waals surface area (Å²) in [6, 6.07) is 12.5. The fourth-order valence-corrected chi connectivity index (χ4v) is 4.57. The third-order valence-corrected chi connectivity index (χ3v) is 6.37. The summed E-state index contributed by atoms with van der Waals surface area (Å²) >= 11 is 6.04.